The summed E-state index contributed by atoms with van der Waals surface area (Å²) in [5, 5.41) is 4.49. The lowest BCUT2D eigenvalue weighted by atomic mass is 10.1. The fraction of sp³-hybridized carbons (Fsp3) is 0.238. The van der Waals surface area contributed by atoms with E-state index in [1.807, 2.05) is 38.1 Å². The molecule has 2 heterocycles. The van der Waals surface area contributed by atoms with Crippen molar-refractivity contribution >= 4 is 10.9 Å². The maximum atomic E-state index is 12.6. The summed E-state index contributed by atoms with van der Waals surface area (Å²) in [6.07, 6.45) is 1.68. The van der Waals surface area contributed by atoms with Crippen LogP contribution in [0.2, 0.25) is 0 Å². The fourth-order valence-electron chi connectivity index (χ4n) is 3.07. The van der Waals surface area contributed by atoms with Crippen LogP contribution in [0, 0.1) is 6.92 Å². The molecule has 4 rings (SSSR count). The smallest absolute Gasteiger partial charge is 0.328 e. The lowest BCUT2D eigenvalue weighted by Crippen LogP contribution is -2.35. The van der Waals surface area contributed by atoms with Crippen molar-refractivity contribution in [3.8, 4) is 22.8 Å². The molecule has 1 N–H and O–H groups in total. The van der Waals surface area contributed by atoms with Gasteiger partial charge in [0, 0.05) is 17.7 Å². The number of aromatic nitrogens is 4. The summed E-state index contributed by atoms with van der Waals surface area (Å²) in [4.78, 5) is 32.1. The summed E-state index contributed by atoms with van der Waals surface area (Å²) >= 11 is 0. The van der Waals surface area contributed by atoms with Gasteiger partial charge < -0.3 is 9.51 Å². The van der Waals surface area contributed by atoms with Gasteiger partial charge in [-0.25, -0.2) is 4.79 Å². The normalized spacial score (nSPS) is 11.2. The van der Waals surface area contributed by atoms with E-state index in [0.29, 0.717) is 34.7 Å². The minimum absolute atomic E-state index is 0.287. The molecule has 2 aromatic heterocycles. The van der Waals surface area contributed by atoms with Crippen LogP contribution in [0.25, 0.3) is 33.7 Å². The van der Waals surface area contributed by atoms with Crippen LogP contribution in [0.4, 0.5) is 0 Å². The molecule has 0 bridgehead atoms. The number of aryl methyl sites for hydroxylation is 1. The second-order valence-corrected chi connectivity index (χ2v) is 6.79. The van der Waals surface area contributed by atoms with Gasteiger partial charge in [0.15, 0.2) is 0 Å². The van der Waals surface area contributed by atoms with Crippen LogP contribution in [0.1, 0.15) is 25.3 Å². The molecule has 142 valence electrons. The molecule has 7 heteroatoms. The first-order chi connectivity index (χ1) is 13.6. The van der Waals surface area contributed by atoms with E-state index in [1.165, 1.54) is 4.57 Å². The predicted octanol–water partition coefficient (Wildman–Crippen LogP) is 3.52. The van der Waals surface area contributed by atoms with Gasteiger partial charge in [0.25, 0.3) is 11.4 Å². The molecule has 0 spiro atoms. The summed E-state index contributed by atoms with van der Waals surface area (Å²) in [5.41, 5.74) is 2.40. The third-order valence-corrected chi connectivity index (χ3v) is 4.70. The van der Waals surface area contributed by atoms with E-state index in [1.54, 1.807) is 18.2 Å². The quantitative estimate of drug-likeness (QED) is 0.575. The Labute approximate surface area is 160 Å². The van der Waals surface area contributed by atoms with Crippen LogP contribution in [0.15, 0.2) is 56.6 Å². The Bertz CT molecular complexity index is 1250. The summed E-state index contributed by atoms with van der Waals surface area (Å²) in [5.74, 6) is 0.812. The maximum absolute atomic E-state index is 12.6. The number of benzene rings is 2. The average Bonchev–Trinajstić information content (AvgIpc) is 3.18. The topological polar surface area (TPSA) is 93.8 Å². The lowest BCUT2D eigenvalue weighted by molar-refractivity contribution is 0.432. The Morgan fingerprint density at radius 2 is 1.82 bits per heavy atom. The van der Waals surface area contributed by atoms with Gasteiger partial charge in [0.1, 0.15) is 0 Å². The number of nitrogens with zero attached hydrogens (tertiary/aromatic N) is 3. The zero-order valence-electron chi connectivity index (χ0n) is 15.7. The van der Waals surface area contributed by atoms with Gasteiger partial charge in [0.05, 0.1) is 10.9 Å². The molecule has 0 radical (unpaired) electrons. The van der Waals surface area contributed by atoms with Crippen LogP contribution in [-0.2, 0) is 6.54 Å². The Morgan fingerprint density at radius 1 is 1.07 bits per heavy atom. The van der Waals surface area contributed by atoms with Crippen molar-refractivity contribution in [2.45, 2.75) is 33.2 Å². The minimum atomic E-state index is -0.408. The molecule has 0 fully saturated rings. The Kier molecular flexibility index (Phi) is 4.65. The number of aromatic amines is 1. The Balaban J connectivity index is 1.73. The predicted molar refractivity (Wildman–Crippen MR) is 107 cm³/mol. The van der Waals surface area contributed by atoms with Crippen molar-refractivity contribution in [3.63, 3.8) is 0 Å². The maximum Gasteiger partial charge on any atom is 0.328 e. The summed E-state index contributed by atoms with van der Waals surface area (Å²) in [6.45, 7) is 4.44. The van der Waals surface area contributed by atoms with Gasteiger partial charge in [-0.3, -0.25) is 9.36 Å². The van der Waals surface area contributed by atoms with Crippen molar-refractivity contribution in [2.24, 2.45) is 0 Å². The molecule has 2 aromatic carbocycles. The third-order valence-electron chi connectivity index (χ3n) is 4.70. The summed E-state index contributed by atoms with van der Waals surface area (Å²) < 4.78 is 6.63. The number of H-pyrrole nitrogens is 1. The number of hydrogen-bond donors (Lipinski definition) is 1. The number of fused-ring (bicyclic) bond motifs is 1. The van der Waals surface area contributed by atoms with Crippen molar-refractivity contribution in [2.75, 3.05) is 0 Å². The fourth-order valence-corrected chi connectivity index (χ4v) is 3.07. The highest BCUT2D eigenvalue weighted by molar-refractivity contribution is 5.82. The molecule has 4 aromatic rings. The molecule has 0 saturated carbocycles. The average molecular weight is 376 g/mol. The van der Waals surface area contributed by atoms with Crippen molar-refractivity contribution in [1.82, 2.24) is 19.7 Å². The standard InChI is InChI=1S/C21H20N4O3/c1-3-4-11-25-20(26)16-10-9-15(12-17(16)22-21(25)27)19-23-18(24-28-19)14-7-5-13(2)6-8-14/h5-10,12H,3-4,11H2,1-2H3,(H,22,27). The monoisotopic (exact) mass is 376 g/mol. The van der Waals surface area contributed by atoms with Gasteiger partial charge in [-0.15, -0.1) is 0 Å². The SMILES string of the molecule is CCCCn1c(=O)[nH]c2cc(-c3nc(-c4ccc(C)cc4)no3)ccc2c1=O. The number of nitrogens with one attached hydrogen (secondary N) is 1. The molecule has 0 aliphatic heterocycles. The first-order valence-electron chi connectivity index (χ1n) is 9.25. The van der Waals surface area contributed by atoms with Gasteiger partial charge in [-0.05, 0) is 31.5 Å². The van der Waals surface area contributed by atoms with Gasteiger partial charge in [0.2, 0.25) is 5.82 Å². The van der Waals surface area contributed by atoms with Gasteiger partial charge in [-0.1, -0.05) is 48.3 Å². The Morgan fingerprint density at radius 3 is 2.57 bits per heavy atom. The van der Waals surface area contributed by atoms with Crippen LogP contribution in [0.3, 0.4) is 0 Å². The molecule has 0 saturated heterocycles. The van der Waals surface area contributed by atoms with E-state index in [9.17, 15) is 9.59 Å². The molecular formula is C21H20N4O3. The molecule has 7 nitrogen and oxygen atoms in total. The van der Waals surface area contributed by atoms with E-state index in [4.69, 9.17) is 4.52 Å². The lowest BCUT2D eigenvalue weighted by Gasteiger charge is -2.06. The first-order valence-corrected chi connectivity index (χ1v) is 9.25. The van der Waals surface area contributed by atoms with E-state index in [-0.39, 0.29) is 5.56 Å². The van der Waals surface area contributed by atoms with Crippen LogP contribution in [-0.4, -0.2) is 19.7 Å². The van der Waals surface area contributed by atoms with Gasteiger partial charge in [-0.2, -0.15) is 4.98 Å². The summed E-state index contributed by atoms with van der Waals surface area (Å²) in [7, 11) is 0. The second kappa shape index (κ2) is 7.26. The molecule has 0 aliphatic carbocycles. The highest BCUT2D eigenvalue weighted by Gasteiger charge is 2.13. The van der Waals surface area contributed by atoms with Crippen LogP contribution >= 0.6 is 0 Å². The molecule has 28 heavy (non-hydrogen) atoms. The minimum Gasteiger partial charge on any atom is -0.334 e. The highest BCUT2D eigenvalue weighted by Crippen LogP contribution is 2.24. The summed E-state index contributed by atoms with van der Waals surface area (Å²) in [6, 6.07) is 12.9. The Hall–Kier alpha value is -3.48. The largest absolute Gasteiger partial charge is 0.334 e. The zero-order chi connectivity index (χ0) is 19.7. The molecule has 0 aliphatic rings. The van der Waals surface area contributed by atoms with Crippen LogP contribution in [0.5, 0.6) is 0 Å². The number of hydrogen-bond acceptors (Lipinski definition) is 5. The molecular weight excluding hydrogens is 356 g/mol. The molecule has 0 amide bonds. The molecule has 0 unspecified atom stereocenters. The van der Waals surface area contributed by atoms with Gasteiger partial charge >= 0.3 is 5.69 Å². The van der Waals surface area contributed by atoms with E-state index in [0.717, 1.165) is 24.0 Å². The van der Waals surface area contributed by atoms with E-state index >= 15 is 0 Å². The first kappa shape index (κ1) is 17.9. The number of unbranched alkanes of at least 4 members (excludes halogenated alkanes) is 1. The zero-order valence-corrected chi connectivity index (χ0v) is 15.7. The van der Waals surface area contributed by atoms with E-state index in [2.05, 4.69) is 15.1 Å². The second-order valence-electron chi connectivity index (χ2n) is 6.79. The van der Waals surface area contributed by atoms with Crippen LogP contribution < -0.4 is 11.2 Å². The van der Waals surface area contributed by atoms with E-state index < -0.39 is 5.69 Å². The van der Waals surface area contributed by atoms with Crippen molar-refractivity contribution in [1.29, 1.82) is 0 Å². The third kappa shape index (κ3) is 3.26. The van der Waals surface area contributed by atoms with Crippen molar-refractivity contribution in [3.05, 3.63) is 68.9 Å². The highest BCUT2D eigenvalue weighted by atomic mass is 16.5. The molecule has 0 atom stereocenters. The number of rotatable bonds is 5. The van der Waals surface area contributed by atoms with Crippen molar-refractivity contribution < 1.29 is 4.52 Å².